The maximum atomic E-state index is 9.75. The maximum Gasteiger partial charge on any atom is 0.673 e. The molecule has 0 aliphatic carbocycles. The third-order valence-electron chi connectivity index (χ3n) is 3.79. The van der Waals surface area contributed by atoms with E-state index in [0.717, 1.165) is 0 Å². The van der Waals surface area contributed by atoms with Crippen LogP contribution >= 0.6 is 11.6 Å². The van der Waals surface area contributed by atoms with Crippen molar-refractivity contribution in [2.45, 2.75) is 32.1 Å². The first-order valence-electron chi connectivity index (χ1n) is 7.13. The summed E-state index contributed by atoms with van der Waals surface area (Å²) in [6, 6.07) is 8.70. The van der Waals surface area contributed by atoms with E-state index in [4.69, 9.17) is 16.3 Å². The molecule has 2 rings (SSSR count). The summed E-state index contributed by atoms with van der Waals surface area (Å²) in [5.41, 5.74) is 1.19. The smallest absolute Gasteiger partial charge is 0.427 e. The number of likely N-dealkylation sites (N-methyl/N-ethyl adjacent to an activating group) is 1. The van der Waals surface area contributed by atoms with Crippen LogP contribution in [0.5, 0.6) is 0 Å². The summed E-state index contributed by atoms with van der Waals surface area (Å²) in [7, 11) is -5.38. The first-order valence-corrected chi connectivity index (χ1v) is 11.0. The molecular formula is C14H21BClF4NOSi. The molecule has 0 N–H and O–H groups in total. The van der Waals surface area contributed by atoms with Crippen LogP contribution in [-0.2, 0) is 10.3 Å². The fraction of sp³-hybridized carbons (Fsp3) is 0.500. The lowest BCUT2D eigenvalue weighted by molar-refractivity contribution is -0.574. The lowest BCUT2D eigenvalue weighted by Crippen LogP contribution is -2.47. The molecule has 0 radical (unpaired) electrons. The quantitative estimate of drug-likeness (QED) is 0.436. The lowest BCUT2D eigenvalue weighted by atomic mass is 9.93. The van der Waals surface area contributed by atoms with E-state index in [9.17, 15) is 17.3 Å². The molecular weight excluding hydrogens is 349 g/mol. The summed E-state index contributed by atoms with van der Waals surface area (Å²) in [6.07, 6.45) is 0. The highest BCUT2D eigenvalue weighted by atomic mass is 35.5. The Labute approximate surface area is 140 Å². The minimum atomic E-state index is -6.00. The van der Waals surface area contributed by atoms with Crippen LogP contribution in [-0.4, -0.2) is 38.9 Å². The molecule has 1 aromatic rings. The van der Waals surface area contributed by atoms with Gasteiger partial charge in [0, 0.05) is 24.1 Å². The van der Waals surface area contributed by atoms with Crippen LogP contribution in [0.1, 0.15) is 12.5 Å². The predicted octanol–water partition coefficient (Wildman–Crippen LogP) is 4.01. The second-order valence-corrected chi connectivity index (χ2v) is 12.0. The molecule has 0 bridgehead atoms. The molecule has 0 amide bonds. The summed E-state index contributed by atoms with van der Waals surface area (Å²) in [5.74, 6) is 0. The SMILES string of the molecule is C[N+]1=C(Cl)OCC1(C)c1ccccc1[Si](C)(C)C.F[B-](F)(F)F. The molecule has 1 atom stereocenters. The topological polar surface area (TPSA) is 12.2 Å². The van der Waals surface area contributed by atoms with E-state index in [0.29, 0.717) is 12.0 Å². The van der Waals surface area contributed by atoms with Gasteiger partial charge < -0.3 is 22.0 Å². The number of nitrogens with zero attached hydrogens (tertiary/aromatic N) is 1. The number of benzene rings is 1. The fourth-order valence-electron chi connectivity index (χ4n) is 2.45. The molecule has 0 aromatic heterocycles. The Morgan fingerprint density at radius 3 is 2.04 bits per heavy atom. The Morgan fingerprint density at radius 1 is 1.17 bits per heavy atom. The van der Waals surface area contributed by atoms with Crippen LogP contribution < -0.4 is 5.19 Å². The zero-order chi connectivity index (χ0) is 18.1. The maximum absolute atomic E-state index is 9.75. The Bertz CT molecular complexity index is 597. The van der Waals surface area contributed by atoms with Gasteiger partial charge in [-0.2, -0.15) is 4.58 Å². The third-order valence-corrected chi connectivity index (χ3v) is 6.21. The van der Waals surface area contributed by atoms with Crippen molar-refractivity contribution in [3.63, 3.8) is 0 Å². The molecule has 0 saturated heterocycles. The largest absolute Gasteiger partial charge is 0.673 e. The normalized spacial score (nSPS) is 21.7. The van der Waals surface area contributed by atoms with E-state index >= 15 is 0 Å². The van der Waals surface area contributed by atoms with Gasteiger partial charge in [0.25, 0.3) is 0 Å². The van der Waals surface area contributed by atoms with E-state index in [1.807, 2.05) is 11.6 Å². The molecule has 0 saturated carbocycles. The van der Waals surface area contributed by atoms with Crippen LogP contribution in [0.25, 0.3) is 0 Å². The van der Waals surface area contributed by atoms with Crippen molar-refractivity contribution >= 4 is 37.5 Å². The number of halogens is 5. The van der Waals surface area contributed by atoms with Gasteiger partial charge in [-0.15, -0.1) is 0 Å². The van der Waals surface area contributed by atoms with Gasteiger partial charge in [0.2, 0.25) is 5.54 Å². The second-order valence-electron chi connectivity index (χ2n) is 6.66. The molecule has 1 aliphatic heterocycles. The van der Waals surface area contributed by atoms with Crippen molar-refractivity contribution < 1.29 is 26.6 Å². The molecule has 1 heterocycles. The summed E-state index contributed by atoms with van der Waals surface area (Å²) >= 11 is 6.10. The number of hydrogen-bond donors (Lipinski definition) is 0. The van der Waals surface area contributed by atoms with Crippen LogP contribution in [0.2, 0.25) is 19.6 Å². The van der Waals surface area contributed by atoms with Crippen LogP contribution in [0.15, 0.2) is 24.3 Å². The monoisotopic (exact) mass is 369 g/mol. The zero-order valence-corrected chi connectivity index (χ0v) is 15.6. The number of rotatable bonds is 2. The van der Waals surface area contributed by atoms with E-state index in [2.05, 4.69) is 50.8 Å². The molecule has 130 valence electrons. The molecule has 1 aromatic carbocycles. The van der Waals surface area contributed by atoms with Crippen LogP contribution in [0.3, 0.4) is 0 Å². The van der Waals surface area contributed by atoms with E-state index in [-0.39, 0.29) is 5.54 Å². The summed E-state index contributed by atoms with van der Waals surface area (Å²) < 4.78 is 46.6. The van der Waals surface area contributed by atoms with Crippen molar-refractivity contribution in [2.75, 3.05) is 13.7 Å². The van der Waals surface area contributed by atoms with E-state index in [1.54, 1.807) is 0 Å². The Balaban J connectivity index is 0.000000463. The van der Waals surface area contributed by atoms with E-state index in [1.165, 1.54) is 10.8 Å². The average molecular weight is 370 g/mol. The minimum Gasteiger partial charge on any atom is -0.427 e. The molecule has 0 spiro atoms. The van der Waals surface area contributed by atoms with Crippen molar-refractivity contribution in [3.05, 3.63) is 29.8 Å². The molecule has 0 fully saturated rings. The van der Waals surface area contributed by atoms with E-state index < -0.39 is 15.3 Å². The lowest BCUT2D eigenvalue weighted by Gasteiger charge is -2.27. The van der Waals surface area contributed by atoms with Gasteiger partial charge >= 0.3 is 12.6 Å². The number of ether oxygens (including phenoxy) is 1. The third kappa shape index (κ3) is 5.24. The Morgan fingerprint density at radius 2 is 1.65 bits per heavy atom. The predicted molar refractivity (Wildman–Crippen MR) is 90.0 cm³/mol. The molecule has 1 aliphatic rings. The molecule has 2 nitrogen and oxygen atoms in total. The van der Waals surface area contributed by atoms with Gasteiger partial charge in [-0.05, 0) is 5.19 Å². The van der Waals surface area contributed by atoms with Crippen LogP contribution in [0, 0.1) is 0 Å². The van der Waals surface area contributed by atoms with Crippen molar-refractivity contribution in [3.8, 4) is 0 Å². The van der Waals surface area contributed by atoms with Gasteiger partial charge in [0.1, 0.15) is 7.05 Å². The highest BCUT2D eigenvalue weighted by Crippen LogP contribution is 2.30. The van der Waals surface area contributed by atoms with Gasteiger partial charge in [0.15, 0.2) is 6.61 Å². The zero-order valence-electron chi connectivity index (χ0n) is 13.8. The van der Waals surface area contributed by atoms with Crippen molar-refractivity contribution in [2.24, 2.45) is 0 Å². The van der Waals surface area contributed by atoms with Crippen LogP contribution in [0.4, 0.5) is 17.3 Å². The molecule has 1 unspecified atom stereocenters. The fourth-order valence-corrected chi connectivity index (χ4v) is 4.45. The first kappa shape index (κ1) is 20.0. The molecule has 9 heteroatoms. The highest BCUT2D eigenvalue weighted by molar-refractivity contribution is 6.89. The minimum absolute atomic E-state index is 0.159. The Kier molecular flexibility index (Phi) is 5.96. The second kappa shape index (κ2) is 6.85. The van der Waals surface area contributed by atoms with Gasteiger partial charge in [-0.25, -0.2) is 0 Å². The average Bonchev–Trinajstić information content (AvgIpc) is 2.65. The van der Waals surface area contributed by atoms with Crippen molar-refractivity contribution in [1.82, 2.24) is 0 Å². The first-order chi connectivity index (χ1) is 10.3. The van der Waals surface area contributed by atoms with Crippen molar-refractivity contribution in [1.29, 1.82) is 0 Å². The van der Waals surface area contributed by atoms with Gasteiger partial charge in [0.05, 0.1) is 8.07 Å². The summed E-state index contributed by atoms with van der Waals surface area (Å²) in [5, 5.41) is 1.97. The molecule has 23 heavy (non-hydrogen) atoms. The highest BCUT2D eigenvalue weighted by Gasteiger charge is 2.47. The summed E-state index contributed by atoms with van der Waals surface area (Å²) in [6.45, 7) is 9.92. The Hall–Kier alpha value is -1.02. The van der Waals surface area contributed by atoms with Gasteiger partial charge in [-0.3, -0.25) is 0 Å². The summed E-state index contributed by atoms with van der Waals surface area (Å²) in [4.78, 5) is 0. The number of hydrogen-bond acceptors (Lipinski definition) is 1. The standard InChI is InChI=1S/C14H21ClNOSi.BF4/c1-14(10-17-13(15)16(14)2)11-8-6-7-9-12(11)18(3,4)5;2-1(3,4)5/h6-9H,10H2,1-5H3;/q+1;-1. The van der Waals surface area contributed by atoms with Gasteiger partial charge in [-0.1, -0.05) is 43.9 Å².